The number of hydrogen-bond donors (Lipinski definition) is 1. The second-order valence-corrected chi connectivity index (χ2v) is 7.48. The number of H-pyrrole nitrogens is 1. The van der Waals surface area contributed by atoms with Crippen LogP contribution < -0.4 is 4.90 Å². The van der Waals surface area contributed by atoms with Crippen molar-refractivity contribution >= 4 is 15.5 Å². The van der Waals surface area contributed by atoms with Crippen LogP contribution >= 0.6 is 0 Å². The zero-order valence-corrected chi connectivity index (χ0v) is 12.8. The van der Waals surface area contributed by atoms with Gasteiger partial charge in [-0.05, 0) is 25.0 Å². The van der Waals surface area contributed by atoms with Crippen molar-refractivity contribution in [2.45, 2.75) is 23.7 Å². The molecule has 3 rings (SSSR count). The Balaban J connectivity index is 1.91. The molecule has 1 aliphatic heterocycles. The number of piperidine rings is 1. The Bertz CT molecular complexity index is 710. The van der Waals surface area contributed by atoms with Crippen molar-refractivity contribution in [1.29, 1.82) is 0 Å². The summed E-state index contributed by atoms with van der Waals surface area (Å²) in [6.07, 6.45) is 6.96. The number of rotatable bonds is 3. The molecule has 0 aliphatic carbocycles. The van der Waals surface area contributed by atoms with Crippen LogP contribution in [0, 0.1) is 0 Å². The van der Waals surface area contributed by atoms with Gasteiger partial charge in [0.2, 0.25) is 0 Å². The average molecular weight is 305 g/mol. The number of anilines is 1. The van der Waals surface area contributed by atoms with Crippen molar-refractivity contribution in [3.8, 4) is 0 Å². The Kier molecular flexibility index (Phi) is 3.71. The van der Waals surface area contributed by atoms with Gasteiger partial charge in [0, 0.05) is 37.7 Å². The van der Waals surface area contributed by atoms with E-state index in [2.05, 4.69) is 14.9 Å². The van der Waals surface area contributed by atoms with Crippen LogP contribution in [0.3, 0.4) is 0 Å². The van der Waals surface area contributed by atoms with Crippen LogP contribution in [-0.2, 0) is 9.84 Å². The number of aromatic amines is 1. The monoisotopic (exact) mass is 305 g/mol. The molecule has 0 radical (unpaired) electrons. The van der Waals surface area contributed by atoms with Gasteiger partial charge >= 0.3 is 0 Å². The third kappa shape index (κ3) is 2.95. The molecule has 0 amide bonds. The summed E-state index contributed by atoms with van der Waals surface area (Å²) in [6.45, 7) is 1.67. The van der Waals surface area contributed by atoms with Gasteiger partial charge in [-0.1, -0.05) is 12.1 Å². The van der Waals surface area contributed by atoms with E-state index in [1.54, 1.807) is 18.3 Å². The third-order valence-electron chi connectivity index (χ3n) is 3.93. The van der Waals surface area contributed by atoms with Crippen molar-refractivity contribution < 1.29 is 8.42 Å². The number of benzene rings is 1. The van der Waals surface area contributed by atoms with Crippen molar-refractivity contribution in [2.24, 2.45) is 0 Å². The predicted octanol–water partition coefficient (Wildman–Crippen LogP) is 2.20. The summed E-state index contributed by atoms with van der Waals surface area (Å²) in [5, 5.41) is 0. The first kappa shape index (κ1) is 14.1. The molecule has 112 valence electrons. The van der Waals surface area contributed by atoms with Gasteiger partial charge in [-0.2, -0.15) is 0 Å². The lowest BCUT2D eigenvalue weighted by molar-refractivity contribution is 0.492. The Hall–Kier alpha value is -1.82. The van der Waals surface area contributed by atoms with Crippen LogP contribution in [0.2, 0.25) is 0 Å². The van der Waals surface area contributed by atoms with Crippen LogP contribution in [0.5, 0.6) is 0 Å². The molecule has 0 saturated carbocycles. The van der Waals surface area contributed by atoms with Gasteiger partial charge in [-0.15, -0.1) is 0 Å². The van der Waals surface area contributed by atoms with Crippen LogP contribution in [0.25, 0.3) is 0 Å². The van der Waals surface area contributed by atoms with Gasteiger partial charge in [0.15, 0.2) is 9.84 Å². The predicted molar refractivity (Wildman–Crippen MR) is 82.3 cm³/mol. The smallest absolute Gasteiger partial charge is 0.177 e. The summed E-state index contributed by atoms with van der Waals surface area (Å²) in [5.74, 6) is 1.30. The van der Waals surface area contributed by atoms with Gasteiger partial charge in [0.05, 0.1) is 10.6 Å². The van der Waals surface area contributed by atoms with Crippen molar-refractivity contribution in [3.05, 3.63) is 42.5 Å². The standard InChI is InChI=1S/C15H19N3O2S/c1-21(19,20)14-7-3-2-6-13(14)18-10-4-5-12(11-18)15-16-8-9-17-15/h2-3,6-9,12H,4-5,10-11H2,1H3,(H,16,17)/t12-/m1/s1. The quantitative estimate of drug-likeness (QED) is 0.944. The molecule has 1 saturated heterocycles. The van der Waals surface area contributed by atoms with Crippen molar-refractivity contribution in [1.82, 2.24) is 9.97 Å². The number of sulfone groups is 1. The summed E-state index contributed by atoms with van der Waals surface area (Å²) in [7, 11) is -3.22. The van der Waals surface area contributed by atoms with Crippen molar-refractivity contribution in [3.63, 3.8) is 0 Å². The van der Waals surface area contributed by atoms with Crippen molar-refractivity contribution in [2.75, 3.05) is 24.2 Å². The van der Waals surface area contributed by atoms with E-state index < -0.39 is 9.84 Å². The van der Waals surface area contributed by atoms with E-state index in [1.807, 2.05) is 18.3 Å². The molecule has 21 heavy (non-hydrogen) atoms. The lowest BCUT2D eigenvalue weighted by Gasteiger charge is -2.34. The number of para-hydroxylation sites is 1. The van der Waals surface area contributed by atoms with Gasteiger partial charge in [-0.3, -0.25) is 0 Å². The van der Waals surface area contributed by atoms with Gasteiger partial charge in [0.25, 0.3) is 0 Å². The Morgan fingerprint density at radius 1 is 1.33 bits per heavy atom. The maximum atomic E-state index is 12.0. The molecule has 0 bridgehead atoms. The van der Waals surface area contributed by atoms with Gasteiger partial charge in [0.1, 0.15) is 5.82 Å². The molecule has 5 nitrogen and oxygen atoms in total. The second kappa shape index (κ2) is 5.52. The topological polar surface area (TPSA) is 66.1 Å². The Morgan fingerprint density at radius 2 is 2.14 bits per heavy atom. The molecular formula is C15H19N3O2S. The SMILES string of the molecule is CS(=O)(=O)c1ccccc1N1CCC[C@@H](c2ncc[nH]2)C1. The fourth-order valence-electron chi connectivity index (χ4n) is 2.95. The molecule has 1 aromatic carbocycles. The molecule has 1 aromatic heterocycles. The first-order valence-corrected chi connectivity index (χ1v) is 8.98. The normalized spacial score (nSPS) is 19.7. The number of aromatic nitrogens is 2. The first-order chi connectivity index (χ1) is 10.1. The van der Waals surface area contributed by atoms with E-state index in [1.165, 1.54) is 6.26 Å². The highest BCUT2D eigenvalue weighted by Gasteiger charge is 2.26. The minimum Gasteiger partial charge on any atom is -0.370 e. The second-order valence-electron chi connectivity index (χ2n) is 5.50. The maximum absolute atomic E-state index is 12.0. The highest BCUT2D eigenvalue weighted by molar-refractivity contribution is 7.90. The molecular weight excluding hydrogens is 286 g/mol. The highest BCUT2D eigenvalue weighted by atomic mass is 32.2. The molecule has 1 atom stereocenters. The molecule has 2 aromatic rings. The summed E-state index contributed by atoms with van der Waals surface area (Å²) in [5.41, 5.74) is 0.802. The molecule has 1 fully saturated rings. The lowest BCUT2D eigenvalue weighted by atomic mass is 9.97. The highest BCUT2D eigenvalue weighted by Crippen LogP contribution is 2.31. The number of imidazole rings is 1. The average Bonchev–Trinajstić information content (AvgIpc) is 3.01. The van der Waals surface area contributed by atoms with E-state index in [9.17, 15) is 8.42 Å². The molecule has 0 unspecified atom stereocenters. The first-order valence-electron chi connectivity index (χ1n) is 7.09. The van der Waals surface area contributed by atoms with Gasteiger partial charge in [-0.25, -0.2) is 13.4 Å². The number of nitrogens with zero attached hydrogens (tertiary/aromatic N) is 2. The fraction of sp³-hybridized carbons (Fsp3) is 0.400. The van der Waals surface area contributed by atoms with E-state index in [0.29, 0.717) is 10.8 Å². The van der Waals surface area contributed by atoms with E-state index in [0.717, 1.165) is 37.4 Å². The lowest BCUT2D eigenvalue weighted by Crippen LogP contribution is -2.35. The maximum Gasteiger partial charge on any atom is 0.177 e. The van der Waals surface area contributed by atoms with Crippen LogP contribution in [0.15, 0.2) is 41.6 Å². The van der Waals surface area contributed by atoms with E-state index >= 15 is 0 Å². The summed E-state index contributed by atoms with van der Waals surface area (Å²) in [4.78, 5) is 10.1. The fourth-order valence-corrected chi connectivity index (χ4v) is 3.85. The summed E-state index contributed by atoms with van der Waals surface area (Å²) in [6, 6.07) is 7.23. The van der Waals surface area contributed by atoms with E-state index in [-0.39, 0.29) is 0 Å². The minimum absolute atomic E-state index is 0.321. The molecule has 0 spiro atoms. The van der Waals surface area contributed by atoms with Crippen LogP contribution in [0.1, 0.15) is 24.6 Å². The van der Waals surface area contributed by atoms with Crippen LogP contribution in [0.4, 0.5) is 5.69 Å². The Morgan fingerprint density at radius 3 is 2.86 bits per heavy atom. The zero-order chi connectivity index (χ0) is 14.9. The third-order valence-corrected chi connectivity index (χ3v) is 5.08. The zero-order valence-electron chi connectivity index (χ0n) is 12.0. The van der Waals surface area contributed by atoms with Gasteiger partial charge < -0.3 is 9.88 Å². The summed E-state index contributed by atoms with van der Waals surface area (Å²) < 4.78 is 23.9. The largest absolute Gasteiger partial charge is 0.370 e. The molecule has 1 N–H and O–H groups in total. The summed E-state index contributed by atoms with van der Waals surface area (Å²) >= 11 is 0. The van der Waals surface area contributed by atoms with Crippen LogP contribution in [-0.4, -0.2) is 37.7 Å². The number of hydrogen-bond acceptors (Lipinski definition) is 4. The minimum atomic E-state index is -3.22. The molecule has 6 heteroatoms. The van der Waals surface area contributed by atoms with E-state index in [4.69, 9.17) is 0 Å². The molecule has 1 aliphatic rings. The number of nitrogens with one attached hydrogen (secondary N) is 1. The molecule has 2 heterocycles. The Labute approximate surface area is 124 Å².